The third-order valence-corrected chi connectivity index (χ3v) is 5.92. The summed E-state index contributed by atoms with van der Waals surface area (Å²) in [5.74, 6) is -0.460. The Kier molecular flexibility index (Phi) is 7.58. The minimum Gasteiger partial charge on any atom is -0.489 e. The Morgan fingerprint density at radius 2 is 1.80 bits per heavy atom. The molecule has 4 aromatic rings. The van der Waals surface area contributed by atoms with Gasteiger partial charge in [0, 0.05) is 29.1 Å². The maximum Gasteiger partial charge on any atom is 0.412 e. The Labute approximate surface area is 202 Å². The number of aromatic nitrogens is 1. The van der Waals surface area contributed by atoms with Gasteiger partial charge in [0.05, 0.1) is 17.5 Å². The molecule has 0 aliphatic heterocycles. The second-order valence-corrected chi connectivity index (χ2v) is 8.16. The molecule has 2 aromatic heterocycles. The zero-order chi connectivity index (χ0) is 24.8. The largest absolute Gasteiger partial charge is 0.489 e. The van der Waals surface area contributed by atoms with E-state index in [0.29, 0.717) is 21.6 Å². The van der Waals surface area contributed by atoms with Gasteiger partial charge < -0.3 is 30.4 Å². The summed E-state index contributed by atoms with van der Waals surface area (Å²) in [4.78, 5) is 16.0. The number of aliphatic hydroxyl groups is 1. The summed E-state index contributed by atoms with van der Waals surface area (Å²) in [6, 6.07) is 10.7. The minimum absolute atomic E-state index is 0.0634. The van der Waals surface area contributed by atoms with Crippen LogP contribution >= 0.6 is 11.3 Å². The molecule has 35 heavy (non-hydrogen) atoms. The summed E-state index contributed by atoms with van der Waals surface area (Å²) < 4.78 is 44.6. The number of anilines is 1. The van der Waals surface area contributed by atoms with E-state index >= 15 is 0 Å². The topological polar surface area (TPSA) is 116 Å². The average Bonchev–Trinajstić information content (AvgIpc) is 3.29. The van der Waals surface area contributed by atoms with Crippen LogP contribution in [-0.4, -0.2) is 29.3 Å². The second kappa shape index (κ2) is 11.0. The van der Waals surface area contributed by atoms with Gasteiger partial charge in [-0.25, -0.2) is 18.6 Å². The normalized spacial score (nSPS) is 10.8. The van der Waals surface area contributed by atoms with E-state index < -0.39 is 17.7 Å². The van der Waals surface area contributed by atoms with Crippen LogP contribution in [0.15, 0.2) is 54.0 Å². The van der Waals surface area contributed by atoms with E-state index in [2.05, 4.69) is 10.3 Å². The van der Waals surface area contributed by atoms with Crippen molar-refractivity contribution in [3.8, 4) is 17.2 Å². The van der Waals surface area contributed by atoms with Crippen molar-refractivity contribution in [2.45, 2.75) is 13.2 Å². The van der Waals surface area contributed by atoms with Gasteiger partial charge in [0.1, 0.15) is 30.5 Å². The van der Waals surface area contributed by atoms with Gasteiger partial charge in [0.15, 0.2) is 17.4 Å². The first-order valence-electron chi connectivity index (χ1n) is 10.5. The van der Waals surface area contributed by atoms with Crippen LogP contribution in [0.25, 0.3) is 10.1 Å². The third kappa shape index (κ3) is 5.76. The number of benzene rings is 2. The Hall–Kier alpha value is -3.96. The highest BCUT2D eigenvalue weighted by atomic mass is 32.1. The van der Waals surface area contributed by atoms with Crippen LogP contribution < -0.4 is 25.3 Å². The highest BCUT2D eigenvalue weighted by Gasteiger charge is 2.16. The first kappa shape index (κ1) is 24.2. The summed E-state index contributed by atoms with van der Waals surface area (Å²) in [5, 5.41) is 13.7. The number of ether oxygens (including phenoxy) is 3. The van der Waals surface area contributed by atoms with Gasteiger partial charge in [-0.1, -0.05) is 18.2 Å². The number of pyridine rings is 1. The molecule has 0 fully saturated rings. The predicted octanol–water partition coefficient (Wildman–Crippen LogP) is 4.40. The molecule has 1 amide bonds. The number of nitrogens with zero attached hydrogens (tertiary/aromatic N) is 1. The van der Waals surface area contributed by atoms with Crippen molar-refractivity contribution in [2.75, 3.05) is 18.9 Å². The number of nitrogens with two attached hydrogens (primary N) is 1. The van der Waals surface area contributed by atoms with Crippen molar-refractivity contribution in [3.63, 3.8) is 0 Å². The molecule has 2 heterocycles. The van der Waals surface area contributed by atoms with Gasteiger partial charge in [-0.3, -0.25) is 0 Å². The molecule has 0 atom stereocenters. The number of thiophene rings is 1. The lowest BCUT2D eigenvalue weighted by molar-refractivity contribution is 0.196. The standard InChI is InChI=1S/C24H21F2N3O5S/c25-18-6-1-3-14(21(18)26)11-32-16-4-2-5-17(9-16)33-12-15-13-35-22-19(10-29-23(27)20(15)22)34-24(31)28-7-8-30/h1-6,9-10,13,30H,7-8,11-12H2,(H2,27,29)(H,28,31). The number of rotatable bonds is 9. The fraction of sp³-hybridized carbons (Fsp3) is 0.167. The molecule has 0 radical (unpaired) electrons. The summed E-state index contributed by atoms with van der Waals surface area (Å²) in [7, 11) is 0. The van der Waals surface area contributed by atoms with E-state index in [1.807, 2.05) is 5.38 Å². The summed E-state index contributed by atoms with van der Waals surface area (Å²) in [6.07, 6.45) is 0.646. The molecule has 8 nitrogen and oxygen atoms in total. The summed E-state index contributed by atoms with van der Waals surface area (Å²) in [6.45, 7) is -0.139. The molecule has 182 valence electrons. The number of hydrogen-bond acceptors (Lipinski definition) is 8. The Balaban J connectivity index is 1.44. The predicted molar refractivity (Wildman–Crippen MR) is 127 cm³/mol. The lowest BCUT2D eigenvalue weighted by atomic mass is 10.2. The van der Waals surface area contributed by atoms with E-state index in [0.717, 1.165) is 11.6 Å². The number of hydrogen-bond donors (Lipinski definition) is 3. The fourth-order valence-corrected chi connectivity index (χ4v) is 4.23. The molecule has 0 aliphatic rings. The van der Waals surface area contributed by atoms with Gasteiger partial charge in [-0.2, -0.15) is 0 Å². The van der Waals surface area contributed by atoms with Crippen molar-refractivity contribution < 1.29 is 32.9 Å². The molecule has 0 spiro atoms. The van der Waals surface area contributed by atoms with Gasteiger partial charge in [0.25, 0.3) is 0 Å². The highest BCUT2D eigenvalue weighted by Crippen LogP contribution is 2.37. The maximum atomic E-state index is 13.8. The molecule has 4 rings (SSSR count). The van der Waals surface area contributed by atoms with E-state index in [1.165, 1.54) is 29.7 Å². The first-order valence-corrected chi connectivity index (χ1v) is 11.3. The van der Waals surface area contributed by atoms with Crippen LogP contribution in [-0.2, 0) is 13.2 Å². The Bertz CT molecular complexity index is 1350. The van der Waals surface area contributed by atoms with Crippen molar-refractivity contribution in [1.82, 2.24) is 10.3 Å². The first-order chi connectivity index (χ1) is 17.0. The van der Waals surface area contributed by atoms with Crippen molar-refractivity contribution in [1.29, 1.82) is 0 Å². The zero-order valence-corrected chi connectivity index (χ0v) is 19.1. The summed E-state index contributed by atoms with van der Waals surface area (Å²) in [5.41, 5.74) is 6.91. The zero-order valence-electron chi connectivity index (χ0n) is 18.3. The minimum atomic E-state index is -0.940. The van der Waals surface area contributed by atoms with Gasteiger partial charge in [-0.05, 0) is 23.6 Å². The maximum absolute atomic E-state index is 13.8. The number of amides is 1. The van der Waals surface area contributed by atoms with E-state index in [9.17, 15) is 13.6 Å². The van der Waals surface area contributed by atoms with E-state index in [1.54, 1.807) is 24.3 Å². The fourth-order valence-electron chi connectivity index (χ4n) is 3.22. The number of carbonyl (C=O) groups excluding carboxylic acids is 1. The molecule has 2 aromatic carbocycles. The van der Waals surface area contributed by atoms with Crippen LogP contribution in [0.5, 0.6) is 17.2 Å². The average molecular weight is 502 g/mol. The lowest BCUT2D eigenvalue weighted by Gasteiger charge is -2.11. The SMILES string of the molecule is Nc1ncc(OC(=O)NCCO)c2scc(COc3cccc(OCc4cccc(F)c4F)c3)c12. The number of aliphatic hydroxyl groups excluding tert-OH is 1. The molecule has 0 aliphatic carbocycles. The highest BCUT2D eigenvalue weighted by molar-refractivity contribution is 7.17. The molecular weight excluding hydrogens is 480 g/mol. The molecule has 0 bridgehead atoms. The smallest absolute Gasteiger partial charge is 0.412 e. The molecular formula is C24H21F2N3O5S. The van der Waals surface area contributed by atoms with Crippen molar-refractivity contribution in [3.05, 3.63) is 76.8 Å². The number of nitrogens with one attached hydrogen (secondary N) is 1. The van der Waals surface area contributed by atoms with Gasteiger partial charge in [0.2, 0.25) is 0 Å². The monoisotopic (exact) mass is 501 g/mol. The third-order valence-electron chi connectivity index (χ3n) is 4.88. The van der Waals surface area contributed by atoms with E-state index in [-0.39, 0.29) is 43.5 Å². The lowest BCUT2D eigenvalue weighted by Crippen LogP contribution is -2.29. The second-order valence-electron chi connectivity index (χ2n) is 7.28. The molecule has 11 heteroatoms. The number of carbonyl (C=O) groups is 1. The number of fused-ring (bicyclic) bond motifs is 1. The van der Waals surface area contributed by atoms with Crippen LogP contribution in [0, 0.1) is 11.6 Å². The molecule has 4 N–H and O–H groups in total. The molecule has 0 unspecified atom stereocenters. The molecule has 0 saturated heterocycles. The van der Waals surface area contributed by atoms with Gasteiger partial charge >= 0.3 is 6.09 Å². The molecule has 0 saturated carbocycles. The van der Waals surface area contributed by atoms with E-state index in [4.69, 9.17) is 25.1 Å². The van der Waals surface area contributed by atoms with Crippen molar-refractivity contribution in [2.24, 2.45) is 0 Å². The number of halogens is 2. The van der Waals surface area contributed by atoms with Crippen LogP contribution in [0.4, 0.5) is 19.4 Å². The van der Waals surface area contributed by atoms with Crippen LogP contribution in [0.2, 0.25) is 0 Å². The Morgan fingerprint density at radius 3 is 2.54 bits per heavy atom. The summed E-state index contributed by atoms with van der Waals surface area (Å²) >= 11 is 1.32. The van der Waals surface area contributed by atoms with Gasteiger partial charge in [-0.15, -0.1) is 11.3 Å². The van der Waals surface area contributed by atoms with Crippen molar-refractivity contribution >= 4 is 33.3 Å². The quantitative estimate of drug-likeness (QED) is 0.311. The Morgan fingerprint density at radius 1 is 1.09 bits per heavy atom. The van der Waals surface area contributed by atoms with Crippen LogP contribution in [0.3, 0.4) is 0 Å². The van der Waals surface area contributed by atoms with Crippen LogP contribution in [0.1, 0.15) is 11.1 Å². The number of nitrogen functional groups attached to an aromatic ring is 1.